The zero-order valence-electron chi connectivity index (χ0n) is 12.9. The van der Waals surface area contributed by atoms with E-state index in [0.29, 0.717) is 6.54 Å². The van der Waals surface area contributed by atoms with Gasteiger partial charge in [0.25, 0.3) is 0 Å². The van der Waals surface area contributed by atoms with Crippen molar-refractivity contribution < 1.29 is 4.79 Å². The number of rotatable bonds is 3. The molecule has 0 atom stereocenters. The van der Waals surface area contributed by atoms with E-state index in [9.17, 15) is 4.79 Å². The molecule has 0 aliphatic rings. The standard InChI is InChI=1S/C16H23N3O/c1-11(2)15-17-12-8-6-7-9-13(12)19(15)10-14(20)18-16(3,4)5/h6-9,11H,10H2,1-5H3,(H,18,20). The number of benzene rings is 1. The fourth-order valence-electron chi connectivity index (χ4n) is 2.30. The SMILES string of the molecule is CC(C)c1nc2ccccc2n1CC(=O)NC(C)(C)C. The predicted octanol–water partition coefficient (Wildman–Crippen LogP) is 3.07. The Bertz CT molecular complexity index is 620. The number of carbonyl (C=O) groups excluding carboxylic acids is 1. The molecule has 4 heteroatoms. The largest absolute Gasteiger partial charge is 0.350 e. The summed E-state index contributed by atoms with van der Waals surface area (Å²) in [6.07, 6.45) is 0. The molecule has 20 heavy (non-hydrogen) atoms. The van der Waals surface area contributed by atoms with Crippen LogP contribution in [-0.4, -0.2) is 21.0 Å². The highest BCUT2D eigenvalue weighted by Gasteiger charge is 2.18. The minimum atomic E-state index is -0.217. The Kier molecular flexibility index (Phi) is 3.84. The lowest BCUT2D eigenvalue weighted by molar-refractivity contribution is -0.123. The summed E-state index contributed by atoms with van der Waals surface area (Å²) in [6.45, 7) is 10.5. The summed E-state index contributed by atoms with van der Waals surface area (Å²) in [5.74, 6) is 1.25. The lowest BCUT2D eigenvalue weighted by Gasteiger charge is -2.21. The molecule has 1 N–H and O–H groups in total. The van der Waals surface area contributed by atoms with Crippen LogP contribution in [0.4, 0.5) is 0 Å². The van der Waals surface area contributed by atoms with Crippen molar-refractivity contribution in [1.29, 1.82) is 0 Å². The Balaban J connectivity index is 2.37. The van der Waals surface area contributed by atoms with Crippen LogP contribution in [0.3, 0.4) is 0 Å². The van der Waals surface area contributed by atoms with Gasteiger partial charge >= 0.3 is 0 Å². The van der Waals surface area contributed by atoms with E-state index in [1.165, 1.54) is 0 Å². The maximum atomic E-state index is 12.2. The summed E-state index contributed by atoms with van der Waals surface area (Å²) in [4.78, 5) is 16.8. The van der Waals surface area contributed by atoms with Crippen molar-refractivity contribution in [1.82, 2.24) is 14.9 Å². The molecule has 0 aliphatic heterocycles. The first-order valence-electron chi connectivity index (χ1n) is 7.04. The van der Waals surface area contributed by atoms with Crippen molar-refractivity contribution in [2.24, 2.45) is 0 Å². The molecule has 0 fully saturated rings. The number of carbonyl (C=O) groups is 1. The van der Waals surface area contributed by atoms with Gasteiger partial charge in [0, 0.05) is 11.5 Å². The molecular formula is C16H23N3O. The zero-order valence-corrected chi connectivity index (χ0v) is 12.9. The highest BCUT2D eigenvalue weighted by Crippen LogP contribution is 2.21. The van der Waals surface area contributed by atoms with Crippen LogP contribution < -0.4 is 5.32 Å². The van der Waals surface area contributed by atoms with Crippen LogP contribution in [-0.2, 0) is 11.3 Å². The van der Waals surface area contributed by atoms with Crippen LogP contribution >= 0.6 is 0 Å². The number of aromatic nitrogens is 2. The number of amides is 1. The van der Waals surface area contributed by atoms with Crippen molar-refractivity contribution in [3.05, 3.63) is 30.1 Å². The average molecular weight is 273 g/mol. The van der Waals surface area contributed by atoms with Crippen LogP contribution in [0.15, 0.2) is 24.3 Å². The Hall–Kier alpha value is -1.84. The third-order valence-corrected chi connectivity index (χ3v) is 3.02. The highest BCUT2D eigenvalue weighted by molar-refractivity contribution is 5.81. The van der Waals surface area contributed by atoms with E-state index < -0.39 is 0 Å². The Labute approximate surface area is 120 Å². The van der Waals surface area contributed by atoms with Crippen molar-refractivity contribution in [3.63, 3.8) is 0 Å². The van der Waals surface area contributed by atoms with Gasteiger partial charge in [-0.05, 0) is 32.9 Å². The van der Waals surface area contributed by atoms with E-state index in [1.807, 2.05) is 49.6 Å². The van der Waals surface area contributed by atoms with Crippen LogP contribution in [0.2, 0.25) is 0 Å². The summed E-state index contributed by atoms with van der Waals surface area (Å²) >= 11 is 0. The summed E-state index contributed by atoms with van der Waals surface area (Å²) < 4.78 is 2.01. The van der Waals surface area contributed by atoms with Crippen molar-refractivity contribution in [2.75, 3.05) is 0 Å². The van der Waals surface area contributed by atoms with Gasteiger partial charge in [-0.3, -0.25) is 4.79 Å². The fourth-order valence-corrected chi connectivity index (χ4v) is 2.30. The molecule has 1 heterocycles. The van der Waals surface area contributed by atoms with Gasteiger partial charge in [-0.25, -0.2) is 4.98 Å². The molecule has 1 aromatic heterocycles. The smallest absolute Gasteiger partial charge is 0.240 e. The second-order valence-corrected chi connectivity index (χ2v) is 6.50. The van der Waals surface area contributed by atoms with E-state index in [1.54, 1.807) is 0 Å². The van der Waals surface area contributed by atoms with E-state index in [-0.39, 0.29) is 17.4 Å². The maximum absolute atomic E-state index is 12.2. The molecule has 1 amide bonds. The first kappa shape index (κ1) is 14.6. The van der Waals surface area contributed by atoms with Gasteiger partial charge in [-0.15, -0.1) is 0 Å². The van der Waals surface area contributed by atoms with E-state index in [4.69, 9.17) is 0 Å². The molecule has 0 spiro atoms. The third-order valence-electron chi connectivity index (χ3n) is 3.02. The van der Waals surface area contributed by atoms with Gasteiger partial charge in [0.1, 0.15) is 12.4 Å². The summed E-state index contributed by atoms with van der Waals surface area (Å²) in [7, 11) is 0. The molecule has 4 nitrogen and oxygen atoms in total. The van der Waals surface area contributed by atoms with Crippen LogP contribution in [0.25, 0.3) is 11.0 Å². The topological polar surface area (TPSA) is 46.9 Å². The van der Waals surface area contributed by atoms with Gasteiger partial charge in [0.05, 0.1) is 11.0 Å². The molecule has 108 valence electrons. The van der Waals surface area contributed by atoms with E-state index in [2.05, 4.69) is 24.1 Å². The molecule has 0 bridgehead atoms. The van der Waals surface area contributed by atoms with Gasteiger partial charge < -0.3 is 9.88 Å². The summed E-state index contributed by atoms with van der Waals surface area (Å²) in [6, 6.07) is 7.95. The number of hydrogen-bond donors (Lipinski definition) is 1. The van der Waals surface area contributed by atoms with Gasteiger partial charge in [0.15, 0.2) is 0 Å². The molecule has 0 saturated heterocycles. The van der Waals surface area contributed by atoms with Crippen molar-refractivity contribution in [2.45, 2.75) is 52.6 Å². The van der Waals surface area contributed by atoms with Crippen molar-refractivity contribution in [3.8, 4) is 0 Å². The molecular weight excluding hydrogens is 250 g/mol. The molecule has 0 radical (unpaired) electrons. The second-order valence-electron chi connectivity index (χ2n) is 6.50. The average Bonchev–Trinajstić information content (AvgIpc) is 2.66. The zero-order chi connectivity index (χ0) is 14.9. The number of fused-ring (bicyclic) bond motifs is 1. The summed E-state index contributed by atoms with van der Waals surface area (Å²) in [5.41, 5.74) is 1.74. The Morgan fingerprint density at radius 1 is 1.30 bits per heavy atom. The minimum absolute atomic E-state index is 0.0163. The lowest BCUT2D eigenvalue weighted by atomic mass is 10.1. The quantitative estimate of drug-likeness (QED) is 0.934. The van der Waals surface area contributed by atoms with Gasteiger partial charge in [-0.1, -0.05) is 26.0 Å². The summed E-state index contributed by atoms with van der Waals surface area (Å²) in [5, 5.41) is 3.00. The van der Waals surface area contributed by atoms with Crippen LogP contribution in [0.1, 0.15) is 46.4 Å². The number of imidazole rings is 1. The lowest BCUT2D eigenvalue weighted by Crippen LogP contribution is -2.42. The van der Waals surface area contributed by atoms with Crippen molar-refractivity contribution >= 4 is 16.9 Å². The van der Waals surface area contributed by atoms with E-state index >= 15 is 0 Å². The monoisotopic (exact) mass is 273 g/mol. The molecule has 0 unspecified atom stereocenters. The Morgan fingerprint density at radius 3 is 2.55 bits per heavy atom. The second kappa shape index (κ2) is 5.27. The number of nitrogens with zero attached hydrogens (tertiary/aromatic N) is 2. The van der Waals surface area contributed by atoms with Gasteiger partial charge in [-0.2, -0.15) is 0 Å². The number of nitrogens with one attached hydrogen (secondary N) is 1. The molecule has 0 saturated carbocycles. The maximum Gasteiger partial charge on any atom is 0.240 e. The normalized spacial score (nSPS) is 12.1. The van der Waals surface area contributed by atoms with Crippen LogP contribution in [0.5, 0.6) is 0 Å². The molecule has 2 aromatic rings. The minimum Gasteiger partial charge on any atom is -0.350 e. The molecule has 0 aliphatic carbocycles. The van der Waals surface area contributed by atoms with E-state index in [0.717, 1.165) is 16.9 Å². The highest BCUT2D eigenvalue weighted by atomic mass is 16.2. The Morgan fingerprint density at radius 2 is 1.95 bits per heavy atom. The number of hydrogen-bond acceptors (Lipinski definition) is 2. The third kappa shape index (κ3) is 3.18. The van der Waals surface area contributed by atoms with Crippen LogP contribution in [0, 0.1) is 0 Å². The van der Waals surface area contributed by atoms with Gasteiger partial charge in [0.2, 0.25) is 5.91 Å². The molecule has 1 aromatic carbocycles. The number of para-hydroxylation sites is 2. The fraction of sp³-hybridized carbons (Fsp3) is 0.500. The first-order valence-corrected chi connectivity index (χ1v) is 7.04. The molecule has 2 rings (SSSR count). The predicted molar refractivity (Wildman–Crippen MR) is 81.7 cm³/mol. The first-order chi connectivity index (χ1) is 9.28.